The zero-order valence-corrected chi connectivity index (χ0v) is 9.11. The molecule has 1 aromatic heterocycles. The van der Waals surface area contributed by atoms with Gasteiger partial charge in [0, 0.05) is 0 Å². The molecule has 2 nitrogen and oxygen atoms in total. The smallest absolute Gasteiger partial charge is 0.0890 e. The maximum absolute atomic E-state index is 4.47. The fraction of sp³-hybridized carbons (Fsp3) is 0.0909. The fourth-order valence-corrected chi connectivity index (χ4v) is 1.45. The number of benzene rings is 1. The topological polar surface area (TPSA) is 25.8 Å². The molecule has 0 aliphatic rings. The Morgan fingerprint density at radius 2 is 2.00 bits per heavy atom. The zero-order chi connectivity index (χ0) is 9.97. The molecule has 1 unspecified atom stereocenters. The third-order valence-electron chi connectivity index (χ3n) is 1.96. The van der Waals surface area contributed by atoms with E-state index in [-0.39, 0.29) is 4.83 Å². The van der Waals surface area contributed by atoms with Gasteiger partial charge in [0.2, 0.25) is 0 Å². The Kier molecular flexibility index (Phi) is 2.59. The van der Waals surface area contributed by atoms with Crippen LogP contribution in [0, 0.1) is 0 Å². The predicted molar refractivity (Wildman–Crippen MR) is 61.4 cm³/mol. The average Bonchev–Trinajstić information content (AvgIpc) is 2.27. The van der Waals surface area contributed by atoms with Crippen LogP contribution >= 0.6 is 15.9 Å². The highest BCUT2D eigenvalue weighted by Gasteiger charge is 2.05. The standard InChI is InChI=1S/C11H9BrN2/c1-2-8(12)11-7-13-9-5-3-4-6-10(9)14-11/h2-8H,1H2. The van der Waals surface area contributed by atoms with Crippen molar-refractivity contribution in [3.63, 3.8) is 0 Å². The predicted octanol–water partition coefficient (Wildman–Crippen LogP) is 3.25. The third kappa shape index (κ3) is 1.68. The lowest BCUT2D eigenvalue weighted by Gasteiger charge is -2.03. The molecule has 1 heterocycles. The Hall–Kier alpha value is -1.22. The SMILES string of the molecule is C=CC(Br)c1cnc2ccccc2n1. The molecular weight excluding hydrogens is 240 g/mol. The second-order valence-corrected chi connectivity index (χ2v) is 3.91. The second-order valence-electron chi connectivity index (χ2n) is 2.92. The van der Waals surface area contributed by atoms with E-state index in [2.05, 4.69) is 32.5 Å². The van der Waals surface area contributed by atoms with Gasteiger partial charge in [-0.1, -0.05) is 34.1 Å². The van der Waals surface area contributed by atoms with Crippen LogP contribution in [0.25, 0.3) is 11.0 Å². The molecule has 0 amide bonds. The lowest BCUT2D eigenvalue weighted by Crippen LogP contribution is -1.93. The number of rotatable bonds is 2. The van der Waals surface area contributed by atoms with Gasteiger partial charge in [0.05, 0.1) is 27.8 Å². The van der Waals surface area contributed by atoms with E-state index >= 15 is 0 Å². The minimum atomic E-state index is 0.0691. The summed E-state index contributed by atoms with van der Waals surface area (Å²) in [5.41, 5.74) is 2.72. The largest absolute Gasteiger partial charge is 0.253 e. The summed E-state index contributed by atoms with van der Waals surface area (Å²) in [5, 5.41) is 0. The van der Waals surface area contributed by atoms with Crippen molar-refractivity contribution in [1.82, 2.24) is 9.97 Å². The average molecular weight is 249 g/mol. The first kappa shape index (κ1) is 9.34. The van der Waals surface area contributed by atoms with Crippen LogP contribution in [-0.4, -0.2) is 9.97 Å². The molecule has 0 N–H and O–H groups in total. The lowest BCUT2D eigenvalue weighted by atomic mass is 10.2. The molecule has 0 radical (unpaired) electrons. The first-order chi connectivity index (χ1) is 6.81. The molecule has 0 saturated carbocycles. The van der Waals surface area contributed by atoms with Crippen LogP contribution in [0.15, 0.2) is 43.1 Å². The van der Waals surface area contributed by atoms with E-state index in [1.165, 1.54) is 0 Å². The molecule has 3 heteroatoms. The number of alkyl halides is 1. The van der Waals surface area contributed by atoms with Crippen molar-refractivity contribution < 1.29 is 0 Å². The number of allylic oxidation sites excluding steroid dienone is 1. The lowest BCUT2D eigenvalue weighted by molar-refractivity contribution is 1.10. The highest BCUT2D eigenvalue weighted by molar-refractivity contribution is 9.09. The summed E-state index contributed by atoms with van der Waals surface area (Å²) in [5.74, 6) is 0. The van der Waals surface area contributed by atoms with Crippen molar-refractivity contribution in [2.75, 3.05) is 0 Å². The van der Waals surface area contributed by atoms with Crippen molar-refractivity contribution in [3.8, 4) is 0 Å². The molecule has 2 aromatic rings. The van der Waals surface area contributed by atoms with Crippen molar-refractivity contribution in [2.24, 2.45) is 0 Å². The highest BCUT2D eigenvalue weighted by Crippen LogP contribution is 2.22. The Morgan fingerprint density at radius 3 is 2.71 bits per heavy atom. The number of para-hydroxylation sites is 2. The molecule has 0 aliphatic carbocycles. The second kappa shape index (κ2) is 3.88. The van der Waals surface area contributed by atoms with Gasteiger partial charge in [-0.05, 0) is 12.1 Å². The number of hydrogen-bond acceptors (Lipinski definition) is 2. The van der Waals surface area contributed by atoms with Crippen LogP contribution in [0.1, 0.15) is 10.5 Å². The Balaban J connectivity index is 2.56. The molecule has 0 aliphatic heterocycles. The van der Waals surface area contributed by atoms with Crippen molar-refractivity contribution >= 4 is 27.0 Å². The van der Waals surface area contributed by atoms with Gasteiger partial charge in [0.25, 0.3) is 0 Å². The van der Waals surface area contributed by atoms with E-state index in [4.69, 9.17) is 0 Å². The van der Waals surface area contributed by atoms with E-state index in [0.29, 0.717) is 0 Å². The van der Waals surface area contributed by atoms with Gasteiger partial charge < -0.3 is 0 Å². The number of nitrogens with zero attached hydrogens (tertiary/aromatic N) is 2. The molecule has 0 bridgehead atoms. The van der Waals surface area contributed by atoms with Crippen LogP contribution < -0.4 is 0 Å². The summed E-state index contributed by atoms with van der Waals surface area (Å²) in [4.78, 5) is 8.84. The van der Waals surface area contributed by atoms with E-state index in [9.17, 15) is 0 Å². The number of hydrogen-bond donors (Lipinski definition) is 0. The minimum absolute atomic E-state index is 0.0691. The van der Waals surface area contributed by atoms with Crippen LogP contribution in [0.4, 0.5) is 0 Å². The van der Waals surface area contributed by atoms with Crippen LogP contribution in [0.5, 0.6) is 0 Å². The van der Waals surface area contributed by atoms with E-state index in [0.717, 1.165) is 16.7 Å². The molecular formula is C11H9BrN2. The molecule has 1 atom stereocenters. The maximum Gasteiger partial charge on any atom is 0.0890 e. The van der Waals surface area contributed by atoms with Crippen LogP contribution in [-0.2, 0) is 0 Å². The quantitative estimate of drug-likeness (QED) is 0.603. The summed E-state index contributed by atoms with van der Waals surface area (Å²) in [7, 11) is 0. The van der Waals surface area contributed by atoms with Gasteiger partial charge in [-0.15, -0.1) is 6.58 Å². The van der Waals surface area contributed by atoms with E-state index < -0.39 is 0 Å². The van der Waals surface area contributed by atoms with Gasteiger partial charge in [0.15, 0.2) is 0 Å². The summed E-state index contributed by atoms with van der Waals surface area (Å²) >= 11 is 3.45. The van der Waals surface area contributed by atoms with Crippen LogP contribution in [0.2, 0.25) is 0 Å². The first-order valence-corrected chi connectivity index (χ1v) is 5.21. The number of fused-ring (bicyclic) bond motifs is 1. The van der Waals surface area contributed by atoms with Gasteiger partial charge in [-0.3, -0.25) is 4.98 Å². The van der Waals surface area contributed by atoms with Crippen LogP contribution in [0.3, 0.4) is 0 Å². The summed E-state index contributed by atoms with van der Waals surface area (Å²) in [6, 6.07) is 7.81. The monoisotopic (exact) mass is 248 g/mol. The maximum atomic E-state index is 4.47. The van der Waals surface area contributed by atoms with E-state index in [1.807, 2.05) is 24.3 Å². The molecule has 1 aromatic carbocycles. The highest BCUT2D eigenvalue weighted by atomic mass is 79.9. The van der Waals surface area contributed by atoms with Crippen molar-refractivity contribution in [1.29, 1.82) is 0 Å². The van der Waals surface area contributed by atoms with Crippen molar-refractivity contribution in [2.45, 2.75) is 4.83 Å². The molecule has 0 spiro atoms. The normalized spacial score (nSPS) is 12.6. The van der Waals surface area contributed by atoms with Gasteiger partial charge in [-0.25, -0.2) is 4.98 Å². The molecule has 70 valence electrons. The molecule has 14 heavy (non-hydrogen) atoms. The molecule has 0 saturated heterocycles. The van der Waals surface area contributed by atoms with Gasteiger partial charge in [-0.2, -0.15) is 0 Å². The number of halogens is 1. The summed E-state index contributed by atoms with van der Waals surface area (Å²) in [6.07, 6.45) is 3.56. The third-order valence-corrected chi connectivity index (χ3v) is 2.80. The number of aromatic nitrogens is 2. The molecule has 0 fully saturated rings. The van der Waals surface area contributed by atoms with Gasteiger partial charge in [0.1, 0.15) is 0 Å². The minimum Gasteiger partial charge on any atom is -0.253 e. The Labute approximate surface area is 90.8 Å². The van der Waals surface area contributed by atoms with Gasteiger partial charge >= 0.3 is 0 Å². The first-order valence-electron chi connectivity index (χ1n) is 4.29. The fourth-order valence-electron chi connectivity index (χ4n) is 1.23. The zero-order valence-electron chi connectivity index (χ0n) is 7.52. The Morgan fingerprint density at radius 1 is 1.29 bits per heavy atom. The molecule has 2 rings (SSSR count). The van der Waals surface area contributed by atoms with E-state index in [1.54, 1.807) is 12.3 Å². The summed E-state index contributed by atoms with van der Waals surface area (Å²) in [6.45, 7) is 3.70. The Bertz CT molecular complexity index is 468. The summed E-state index contributed by atoms with van der Waals surface area (Å²) < 4.78 is 0. The van der Waals surface area contributed by atoms with Crippen molar-refractivity contribution in [3.05, 3.63) is 48.8 Å².